The number of nitrogens with two attached hydrogens (primary N) is 1. The van der Waals surface area contributed by atoms with E-state index in [1.807, 2.05) is 19.9 Å². The maximum absolute atomic E-state index is 13.5. The van der Waals surface area contributed by atoms with Gasteiger partial charge in [-0.05, 0) is 43.2 Å². The van der Waals surface area contributed by atoms with E-state index < -0.39 is 22.2 Å². The third kappa shape index (κ3) is 7.11. The second-order valence-electron chi connectivity index (χ2n) is 8.57. The van der Waals surface area contributed by atoms with Crippen LogP contribution < -0.4 is 5.73 Å². The second-order valence-corrected chi connectivity index (χ2v) is 10.5. The molecule has 3 aromatic rings. The number of pyridine rings is 1. The fourth-order valence-electron chi connectivity index (χ4n) is 3.80. The summed E-state index contributed by atoms with van der Waals surface area (Å²) in [6.07, 6.45) is -3.46. The molecular formula is C24H27F3N4O7S. The number of anilines is 1. The first-order chi connectivity index (χ1) is 18.3. The van der Waals surface area contributed by atoms with Crippen LogP contribution >= 0.6 is 0 Å². The van der Waals surface area contributed by atoms with Gasteiger partial charge in [0, 0.05) is 31.5 Å². The number of hydrogen-bond acceptors (Lipinski definition) is 9. The Morgan fingerprint density at radius 3 is 2.51 bits per heavy atom. The smallest absolute Gasteiger partial charge is 0.475 e. The number of rotatable bonds is 6. The second kappa shape index (κ2) is 12.1. The van der Waals surface area contributed by atoms with Gasteiger partial charge in [0.1, 0.15) is 5.82 Å². The number of aromatic nitrogens is 2. The standard InChI is InChI=1S/C22H26N4O5S.C2HF3O2/c1-14-4-5-18(32(27,28)26-6-7-30-13-17(26)12-29-3)10-19(14)16-9-20(22(23)24-11-16)21-8-15(2)25-31-21;3-2(4,5)1(6)7/h4-5,8-11,17H,6-7,12-13H2,1-3H3,(H2,23,24);(H,6,7)/t17-;/m1./s1. The highest BCUT2D eigenvalue weighted by Crippen LogP contribution is 2.33. The molecule has 0 radical (unpaired) electrons. The summed E-state index contributed by atoms with van der Waals surface area (Å²) in [5.74, 6) is -1.94. The molecule has 3 N–H and O–H groups in total. The highest BCUT2D eigenvalue weighted by Gasteiger charge is 2.38. The van der Waals surface area contributed by atoms with Crippen molar-refractivity contribution in [2.75, 3.05) is 39.2 Å². The van der Waals surface area contributed by atoms with Crippen LogP contribution in [0.15, 0.2) is 45.9 Å². The van der Waals surface area contributed by atoms with E-state index in [9.17, 15) is 21.6 Å². The van der Waals surface area contributed by atoms with E-state index in [1.165, 1.54) is 4.31 Å². The molecule has 1 aliphatic rings. The molecule has 15 heteroatoms. The van der Waals surface area contributed by atoms with Crippen LogP contribution in [0, 0.1) is 13.8 Å². The van der Waals surface area contributed by atoms with Gasteiger partial charge in [0.05, 0.1) is 42.0 Å². The number of nitrogen functional groups attached to an aromatic ring is 1. The Labute approximate surface area is 222 Å². The lowest BCUT2D eigenvalue weighted by atomic mass is 10.00. The number of halogens is 3. The summed E-state index contributed by atoms with van der Waals surface area (Å²) in [5, 5.41) is 11.0. The molecule has 1 aromatic carbocycles. The number of aryl methyl sites for hydroxylation is 2. The molecule has 39 heavy (non-hydrogen) atoms. The Bertz CT molecular complexity index is 1430. The molecule has 11 nitrogen and oxygen atoms in total. The van der Waals surface area contributed by atoms with Crippen molar-refractivity contribution in [3.05, 3.63) is 47.8 Å². The van der Waals surface area contributed by atoms with Crippen LogP contribution in [0.1, 0.15) is 11.3 Å². The summed E-state index contributed by atoms with van der Waals surface area (Å²) in [5.41, 5.74) is 9.77. The third-order valence-electron chi connectivity index (χ3n) is 5.71. The maximum Gasteiger partial charge on any atom is 0.490 e. The molecule has 4 rings (SSSR count). The summed E-state index contributed by atoms with van der Waals surface area (Å²) >= 11 is 0. The Morgan fingerprint density at radius 2 is 1.92 bits per heavy atom. The molecule has 1 atom stereocenters. The lowest BCUT2D eigenvalue weighted by Crippen LogP contribution is -2.50. The third-order valence-corrected chi connectivity index (χ3v) is 7.66. The zero-order valence-electron chi connectivity index (χ0n) is 21.2. The number of alkyl halides is 3. The molecule has 0 spiro atoms. The van der Waals surface area contributed by atoms with Crippen molar-refractivity contribution in [1.29, 1.82) is 0 Å². The van der Waals surface area contributed by atoms with Crippen molar-refractivity contribution in [3.63, 3.8) is 0 Å². The van der Waals surface area contributed by atoms with Crippen molar-refractivity contribution in [2.45, 2.75) is 31.0 Å². The molecule has 1 saturated heterocycles. The molecule has 212 valence electrons. The number of ether oxygens (including phenoxy) is 2. The fourth-order valence-corrected chi connectivity index (χ4v) is 5.40. The topological polar surface area (TPSA) is 158 Å². The Morgan fingerprint density at radius 1 is 1.23 bits per heavy atom. The van der Waals surface area contributed by atoms with Gasteiger partial charge in [-0.25, -0.2) is 18.2 Å². The van der Waals surface area contributed by atoms with Crippen molar-refractivity contribution in [2.24, 2.45) is 0 Å². The molecule has 0 saturated carbocycles. The lowest BCUT2D eigenvalue weighted by Gasteiger charge is -2.34. The van der Waals surface area contributed by atoms with Crippen molar-refractivity contribution < 1.29 is 45.5 Å². The van der Waals surface area contributed by atoms with E-state index in [4.69, 9.17) is 29.6 Å². The summed E-state index contributed by atoms with van der Waals surface area (Å²) in [7, 11) is -2.20. The molecule has 0 unspecified atom stereocenters. The number of morpholine rings is 1. The van der Waals surface area contributed by atoms with Gasteiger partial charge in [-0.1, -0.05) is 11.2 Å². The monoisotopic (exact) mass is 572 g/mol. The van der Waals surface area contributed by atoms with Gasteiger partial charge in [-0.3, -0.25) is 0 Å². The first-order valence-electron chi connectivity index (χ1n) is 11.4. The Kier molecular flexibility index (Phi) is 9.32. The maximum atomic E-state index is 13.5. The van der Waals surface area contributed by atoms with E-state index >= 15 is 0 Å². The highest BCUT2D eigenvalue weighted by atomic mass is 32.2. The van der Waals surface area contributed by atoms with Crippen LogP contribution in [0.3, 0.4) is 0 Å². The number of carbonyl (C=O) groups is 1. The molecule has 1 fully saturated rings. The van der Waals surface area contributed by atoms with E-state index in [1.54, 1.807) is 37.6 Å². The summed E-state index contributed by atoms with van der Waals surface area (Å²) in [4.78, 5) is 13.4. The summed E-state index contributed by atoms with van der Waals surface area (Å²) < 4.78 is 76.1. The van der Waals surface area contributed by atoms with Gasteiger partial charge < -0.3 is 24.8 Å². The number of benzene rings is 1. The zero-order chi connectivity index (χ0) is 29.0. The van der Waals surface area contributed by atoms with Crippen LogP contribution in [0.25, 0.3) is 22.5 Å². The van der Waals surface area contributed by atoms with Gasteiger partial charge in [-0.2, -0.15) is 17.5 Å². The molecule has 0 aliphatic carbocycles. The van der Waals surface area contributed by atoms with Gasteiger partial charge >= 0.3 is 12.1 Å². The molecule has 0 amide bonds. The largest absolute Gasteiger partial charge is 0.490 e. The highest BCUT2D eigenvalue weighted by molar-refractivity contribution is 7.89. The average Bonchev–Trinajstić information content (AvgIpc) is 3.31. The molecule has 1 aliphatic heterocycles. The van der Waals surface area contributed by atoms with Gasteiger partial charge in [-0.15, -0.1) is 0 Å². The number of carboxylic acid groups (broad SMARTS) is 1. The molecule has 2 aromatic heterocycles. The van der Waals surface area contributed by atoms with E-state index in [0.717, 1.165) is 22.4 Å². The number of nitrogens with zero attached hydrogens (tertiary/aromatic N) is 3. The van der Waals surface area contributed by atoms with Crippen LogP contribution in [0.5, 0.6) is 0 Å². The van der Waals surface area contributed by atoms with Crippen LogP contribution in [-0.4, -0.2) is 79.6 Å². The minimum atomic E-state index is -5.08. The van der Waals surface area contributed by atoms with E-state index in [-0.39, 0.29) is 24.1 Å². The number of sulfonamides is 1. The molecule has 3 heterocycles. The minimum Gasteiger partial charge on any atom is -0.475 e. The van der Waals surface area contributed by atoms with Gasteiger partial charge in [0.15, 0.2) is 5.76 Å². The lowest BCUT2D eigenvalue weighted by molar-refractivity contribution is -0.192. The molecular weight excluding hydrogens is 545 g/mol. The number of hydrogen-bond donors (Lipinski definition) is 2. The van der Waals surface area contributed by atoms with Crippen LogP contribution in [0.4, 0.5) is 19.0 Å². The first-order valence-corrected chi connectivity index (χ1v) is 12.9. The predicted molar refractivity (Wildman–Crippen MR) is 133 cm³/mol. The predicted octanol–water partition coefficient (Wildman–Crippen LogP) is 3.27. The van der Waals surface area contributed by atoms with Crippen molar-refractivity contribution >= 4 is 21.8 Å². The summed E-state index contributed by atoms with van der Waals surface area (Å²) in [6, 6.07) is 8.33. The number of carboxylic acids is 1. The number of methoxy groups -OCH3 is 1. The fraction of sp³-hybridized carbons (Fsp3) is 0.375. The summed E-state index contributed by atoms with van der Waals surface area (Å²) in [6.45, 7) is 4.93. The van der Waals surface area contributed by atoms with Gasteiger partial charge in [0.2, 0.25) is 10.0 Å². The average molecular weight is 573 g/mol. The Balaban J connectivity index is 0.000000532. The van der Waals surface area contributed by atoms with E-state index in [0.29, 0.717) is 30.4 Å². The van der Waals surface area contributed by atoms with Crippen molar-refractivity contribution in [1.82, 2.24) is 14.4 Å². The zero-order valence-corrected chi connectivity index (χ0v) is 22.0. The van der Waals surface area contributed by atoms with Crippen LogP contribution in [0.2, 0.25) is 0 Å². The van der Waals surface area contributed by atoms with E-state index in [2.05, 4.69) is 10.1 Å². The van der Waals surface area contributed by atoms with Crippen LogP contribution in [-0.2, 0) is 24.3 Å². The number of aliphatic carboxylic acids is 1. The Hall–Kier alpha value is -3.53. The van der Waals surface area contributed by atoms with Crippen molar-refractivity contribution in [3.8, 4) is 22.5 Å². The SMILES string of the molecule is COC[C@@H]1COCCN1S(=O)(=O)c1ccc(C)c(-c2cnc(N)c(-c3cc(C)no3)c2)c1.O=C(O)C(F)(F)F. The quantitative estimate of drug-likeness (QED) is 0.449. The molecule has 0 bridgehead atoms. The normalized spacial score (nSPS) is 16.4. The first kappa shape index (κ1) is 30.0. The minimum absolute atomic E-state index is 0.204. The van der Waals surface area contributed by atoms with Gasteiger partial charge in [0.25, 0.3) is 0 Å².